The number of halogens is 24. The van der Waals surface area contributed by atoms with Crippen molar-refractivity contribution in [3.8, 4) is 0 Å². The number of hydrogen-bond donors (Lipinski definition) is 1. The van der Waals surface area contributed by atoms with Crippen LogP contribution >= 0.6 is 7.66 Å². The third-order valence-corrected chi connectivity index (χ3v) is 7.80. The van der Waals surface area contributed by atoms with Crippen molar-refractivity contribution in [1.82, 2.24) is 0 Å². The standard InChI is InChI=1S/C12H2F24NO4P/c13-5(14,15)1(6(16,17)18)2(7(19,20)21,8(22,23)24)39-42(37,38-1)40-3(9(25,26)27,10(28,29)30)4(41-42,11(31,32)33)12(34,35)36/h37H2. The molecule has 0 amide bonds. The first kappa shape index (κ1) is 36.7. The van der Waals surface area contributed by atoms with Crippen LogP contribution in [-0.4, -0.2) is 71.8 Å². The molecule has 2 rings (SSSR count). The van der Waals surface area contributed by atoms with Crippen LogP contribution in [-0.2, 0) is 18.1 Å². The summed E-state index contributed by atoms with van der Waals surface area (Å²) in [6, 6.07) is 0. The van der Waals surface area contributed by atoms with E-state index in [0.29, 0.717) is 0 Å². The SMILES string of the molecule is NP12(OC(C(F)(F)F)(C(F)(F)F)C(C(F)(F)F)(C(F)(F)F)O1)OC(C(F)(F)F)(C(F)(F)F)C(C(F)(F)F)(C(F)(F)F)O2. The van der Waals surface area contributed by atoms with Gasteiger partial charge in [-0.05, 0) is 0 Å². The van der Waals surface area contributed by atoms with E-state index in [1.807, 2.05) is 0 Å². The maximum atomic E-state index is 13.6. The van der Waals surface area contributed by atoms with E-state index < -0.39 is 79.5 Å². The summed E-state index contributed by atoms with van der Waals surface area (Å²) in [6.07, 6.45) is -68.9. The number of nitrogens with two attached hydrogens (primary N) is 1. The fraction of sp³-hybridized carbons (Fsp3) is 1.00. The van der Waals surface area contributed by atoms with Gasteiger partial charge < -0.3 is 0 Å². The van der Waals surface area contributed by atoms with Gasteiger partial charge in [0.05, 0.1) is 0 Å². The third kappa shape index (κ3) is 4.00. The van der Waals surface area contributed by atoms with Gasteiger partial charge in [-0.25, -0.2) is 0 Å². The molecule has 0 aromatic rings. The van der Waals surface area contributed by atoms with E-state index in [2.05, 4.69) is 23.6 Å². The Balaban J connectivity index is 3.45. The van der Waals surface area contributed by atoms with E-state index >= 15 is 0 Å². The second-order valence-electron chi connectivity index (χ2n) is 7.94. The van der Waals surface area contributed by atoms with Crippen LogP contribution < -0.4 is 5.50 Å². The quantitative estimate of drug-likeness (QED) is 0.207. The second kappa shape index (κ2) is 8.22. The molecule has 252 valence electrons. The van der Waals surface area contributed by atoms with Gasteiger partial charge in [-0.1, -0.05) is 0 Å². The Labute approximate surface area is 210 Å². The summed E-state index contributed by atoms with van der Waals surface area (Å²) in [5, 5.41) is 0. The van der Waals surface area contributed by atoms with Crippen LogP contribution in [0.5, 0.6) is 0 Å². The second-order valence-corrected chi connectivity index (χ2v) is 10.4. The normalized spacial score (nSPS) is 27.1. The van der Waals surface area contributed by atoms with Crippen LogP contribution in [0, 0.1) is 0 Å². The van der Waals surface area contributed by atoms with Crippen molar-refractivity contribution >= 4 is 7.66 Å². The van der Waals surface area contributed by atoms with Crippen molar-refractivity contribution in [3.63, 3.8) is 0 Å². The zero-order chi connectivity index (χ0) is 34.3. The first-order chi connectivity index (χ1) is 17.6. The fourth-order valence-electron chi connectivity index (χ4n) is 4.01. The topological polar surface area (TPSA) is 62.9 Å². The van der Waals surface area contributed by atoms with Gasteiger partial charge in [0.2, 0.25) is 0 Å². The molecule has 0 unspecified atom stereocenters. The third-order valence-electron chi connectivity index (χ3n) is 5.39. The van der Waals surface area contributed by atoms with Crippen LogP contribution in [0.25, 0.3) is 0 Å². The van der Waals surface area contributed by atoms with Crippen molar-refractivity contribution in [2.45, 2.75) is 71.8 Å². The van der Waals surface area contributed by atoms with Crippen LogP contribution in [0.2, 0.25) is 0 Å². The molecule has 0 aromatic heterocycles. The van der Waals surface area contributed by atoms with Gasteiger partial charge in [-0.2, -0.15) is 0 Å². The minimum atomic E-state index is -10.7. The molecule has 0 bridgehead atoms. The molecule has 0 aromatic carbocycles. The molecule has 2 N–H and O–H groups in total. The molecular formula is C12H2F24NO4P. The van der Waals surface area contributed by atoms with Gasteiger partial charge in [0.15, 0.2) is 0 Å². The maximum absolute atomic E-state index is 13.6. The Morgan fingerprint density at radius 2 is 0.381 bits per heavy atom. The molecule has 1 spiro atoms. The summed E-state index contributed by atoms with van der Waals surface area (Å²) >= 11 is 0. The number of alkyl halides is 24. The molecule has 2 heterocycles. The van der Waals surface area contributed by atoms with E-state index in [1.54, 1.807) is 0 Å². The number of hydrogen-bond acceptors (Lipinski definition) is 5. The van der Waals surface area contributed by atoms with E-state index in [0.717, 1.165) is 0 Å². The van der Waals surface area contributed by atoms with Crippen molar-refractivity contribution in [1.29, 1.82) is 0 Å². The molecule has 2 fully saturated rings. The van der Waals surface area contributed by atoms with Crippen LogP contribution in [0.15, 0.2) is 0 Å². The van der Waals surface area contributed by atoms with Gasteiger partial charge in [-0.3, -0.25) is 0 Å². The van der Waals surface area contributed by atoms with Gasteiger partial charge in [0.25, 0.3) is 0 Å². The average molecular weight is 711 g/mol. The predicted molar refractivity (Wildman–Crippen MR) is 74.8 cm³/mol. The summed E-state index contributed by atoms with van der Waals surface area (Å²) in [6.45, 7) is 0. The van der Waals surface area contributed by atoms with E-state index in [4.69, 9.17) is 0 Å². The molecule has 2 aliphatic rings. The Bertz CT molecular complexity index is 855. The van der Waals surface area contributed by atoms with Gasteiger partial charge in [0.1, 0.15) is 0 Å². The average Bonchev–Trinajstić information content (AvgIpc) is 3.06. The molecule has 2 saturated heterocycles. The Morgan fingerprint density at radius 3 is 0.452 bits per heavy atom. The first-order valence-electron chi connectivity index (χ1n) is 8.84. The molecular weight excluding hydrogens is 709 g/mol. The fourth-order valence-corrected chi connectivity index (χ4v) is 7.55. The number of rotatable bonds is 0. The summed E-state index contributed by atoms with van der Waals surface area (Å²) in [5.41, 5.74) is -30.6. The molecule has 0 saturated carbocycles. The molecule has 42 heavy (non-hydrogen) atoms. The Hall–Kier alpha value is -1.45. The zero-order valence-corrected chi connectivity index (χ0v) is 18.6. The van der Waals surface area contributed by atoms with E-state index in [9.17, 15) is 105 Å². The Morgan fingerprint density at radius 1 is 0.286 bits per heavy atom. The van der Waals surface area contributed by atoms with E-state index in [-0.39, 0.29) is 0 Å². The first-order valence-corrected chi connectivity index (χ1v) is 10.8. The minimum absolute atomic E-state index is 2.13. The summed E-state index contributed by atoms with van der Waals surface area (Å²) in [7, 11) is -10.7. The molecule has 30 heteroatoms. The van der Waals surface area contributed by atoms with Crippen molar-refractivity contribution < 1.29 is 123 Å². The van der Waals surface area contributed by atoms with Gasteiger partial charge in [0, 0.05) is 0 Å². The van der Waals surface area contributed by atoms with Crippen molar-refractivity contribution in [2.24, 2.45) is 5.50 Å². The van der Waals surface area contributed by atoms with E-state index in [1.165, 1.54) is 0 Å². The van der Waals surface area contributed by atoms with Crippen LogP contribution in [0.3, 0.4) is 0 Å². The molecule has 2 aliphatic heterocycles. The van der Waals surface area contributed by atoms with Crippen LogP contribution in [0.4, 0.5) is 105 Å². The molecule has 0 atom stereocenters. The van der Waals surface area contributed by atoms with Crippen LogP contribution in [0.1, 0.15) is 0 Å². The predicted octanol–water partition coefficient (Wildman–Crippen LogP) is 7.62. The summed E-state index contributed by atoms with van der Waals surface area (Å²) in [5.74, 6) is 0. The monoisotopic (exact) mass is 711 g/mol. The molecule has 0 radical (unpaired) electrons. The summed E-state index contributed by atoms with van der Waals surface area (Å²) < 4.78 is 336. The zero-order valence-electron chi connectivity index (χ0n) is 17.7. The molecule has 5 nitrogen and oxygen atoms in total. The van der Waals surface area contributed by atoms with Gasteiger partial charge >= 0.3 is 208 Å². The van der Waals surface area contributed by atoms with Crippen molar-refractivity contribution in [3.05, 3.63) is 0 Å². The Kier molecular flexibility index (Phi) is 7.19. The summed E-state index contributed by atoms with van der Waals surface area (Å²) in [4.78, 5) is 0. The van der Waals surface area contributed by atoms with Crippen molar-refractivity contribution in [2.75, 3.05) is 0 Å². The molecule has 0 aliphatic carbocycles. The van der Waals surface area contributed by atoms with Gasteiger partial charge in [-0.15, -0.1) is 0 Å².